The van der Waals surface area contributed by atoms with Crippen molar-refractivity contribution in [2.75, 3.05) is 18.0 Å². The molecule has 2 heterocycles. The van der Waals surface area contributed by atoms with Crippen LogP contribution < -0.4 is 10.6 Å². The van der Waals surface area contributed by atoms with Gasteiger partial charge in [-0.15, -0.1) is 0 Å². The van der Waals surface area contributed by atoms with Crippen LogP contribution in [0.3, 0.4) is 0 Å². The lowest BCUT2D eigenvalue weighted by Crippen LogP contribution is -2.52. The number of aromatic nitrogens is 2. The maximum atomic E-state index is 5.87. The highest BCUT2D eigenvalue weighted by Gasteiger charge is 2.33. The van der Waals surface area contributed by atoms with E-state index in [2.05, 4.69) is 28.7 Å². The molecule has 1 unspecified atom stereocenters. The summed E-state index contributed by atoms with van der Waals surface area (Å²) in [6, 6.07) is 0. The van der Waals surface area contributed by atoms with E-state index < -0.39 is 0 Å². The summed E-state index contributed by atoms with van der Waals surface area (Å²) in [7, 11) is 0. The molecule has 98 valence electrons. The maximum absolute atomic E-state index is 5.87. The van der Waals surface area contributed by atoms with Gasteiger partial charge in [-0.2, -0.15) is 0 Å². The fourth-order valence-corrected chi connectivity index (χ4v) is 2.49. The number of hydrogen-bond donors (Lipinski definition) is 1. The van der Waals surface area contributed by atoms with Gasteiger partial charge in [0, 0.05) is 25.5 Å². The van der Waals surface area contributed by atoms with E-state index in [4.69, 9.17) is 22.7 Å². The molecular weight excluding hydrogens is 248 g/mol. The van der Waals surface area contributed by atoms with E-state index in [1.165, 1.54) is 0 Å². The summed E-state index contributed by atoms with van der Waals surface area (Å²) in [6.45, 7) is 7.67. The molecule has 0 aliphatic carbocycles. The van der Waals surface area contributed by atoms with E-state index in [1.807, 2.05) is 6.92 Å². The Morgan fingerprint density at radius 2 is 2.17 bits per heavy atom. The molecule has 1 aliphatic heterocycles. The quantitative estimate of drug-likeness (QED) is 0.809. The average Bonchev–Trinajstić information content (AvgIpc) is 2.26. The first-order valence-corrected chi connectivity index (χ1v) is 6.33. The predicted molar refractivity (Wildman–Crippen MR) is 74.8 cm³/mol. The van der Waals surface area contributed by atoms with Crippen LogP contribution >= 0.6 is 12.2 Å². The summed E-state index contributed by atoms with van der Waals surface area (Å²) in [5.41, 5.74) is 6.06. The van der Waals surface area contributed by atoms with Crippen molar-refractivity contribution in [2.24, 2.45) is 5.73 Å². The van der Waals surface area contributed by atoms with Gasteiger partial charge in [0.1, 0.15) is 10.7 Å². The summed E-state index contributed by atoms with van der Waals surface area (Å²) >= 11 is 5.02. The monoisotopic (exact) mass is 266 g/mol. The van der Waals surface area contributed by atoms with Crippen LogP contribution in [0.15, 0.2) is 12.4 Å². The molecule has 1 aliphatic rings. The molecule has 0 bridgehead atoms. The maximum Gasteiger partial charge on any atom is 0.157 e. The highest BCUT2D eigenvalue weighted by atomic mass is 32.1. The van der Waals surface area contributed by atoms with E-state index >= 15 is 0 Å². The van der Waals surface area contributed by atoms with Crippen molar-refractivity contribution < 1.29 is 4.74 Å². The number of anilines is 1. The van der Waals surface area contributed by atoms with Crippen molar-refractivity contribution in [2.45, 2.75) is 32.5 Å². The van der Waals surface area contributed by atoms with Crippen LogP contribution in [0.2, 0.25) is 0 Å². The number of nitrogens with zero attached hydrogens (tertiary/aromatic N) is 3. The molecule has 5 nitrogen and oxygen atoms in total. The van der Waals surface area contributed by atoms with E-state index in [-0.39, 0.29) is 16.7 Å². The molecule has 1 fully saturated rings. The summed E-state index contributed by atoms with van der Waals surface area (Å²) in [5, 5.41) is 0. The van der Waals surface area contributed by atoms with Gasteiger partial charge < -0.3 is 15.4 Å². The van der Waals surface area contributed by atoms with Gasteiger partial charge in [-0.3, -0.25) is 0 Å². The minimum atomic E-state index is -0.220. The van der Waals surface area contributed by atoms with Gasteiger partial charge in [0.25, 0.3) is 0 Å². The molecule has 0 radical (unpaired) electrons. The molecule has 0 spiro atoms. The first-order chi connectivity index (χ1) is 8.39. The topological polar surface area (TPSA) is 64.3 Å². The Morgan fingerprint density at radius 3 is 2.78 bits per heavy atom. The first-order valence-electron chi connectivity index (χ1n) is 5.92. The average molecular weight is 266 g/mol. The van der Waals surface area contributed by atoms with Crippen molar-refractivity contribution in [3.05, 3.63) is 18.1 Å². The van der Waals surface area contributed by atoms with Crippen molar-refractivity contribution in [3.8, 4) is 0 Å². The fourth-order valence-electron chi connectivity index (χ4n) is 2.35. The third-order valence-electron chi connectivity index (χ3n) is 2.78. The second-order valence-electron chi connectivity index (χ2n) is 5.16. The van der Waals surface area contributed by atoms with Gasteiger partial charge in [-0.1, -0.05) is 12.2 Å². The molecule has 18 heavy (non-hydrogen) atoms. The number of ether oxygens (including phenoxy) is 1. The standard InChI is InChI=1S/C12H18N4OS/c1-8-6-16(7-12(2,3)17-8)11-9(10(13)18)14-4-5-15-11/h4-5,8H,6-7H2,1-3H3,(H2,13,18). The first kappa shape index (κ1) is 13.2. The molecule has 1 aromatic rings. The Morgan fingerprint density at radius 1 is 1.50 bits per heavy atom. The number of morpholine rings is 1. The van der Waals surface area contributed by atoms with E-state index in [9.17, 15) is 0 Å². The lowest BCUT2D eigenvalue weighted by molar-refractivity contribution is -0.0751. The Kier molecular flexibility index (Phi) is 3.49. The number of hydrogen-bond acceptors (Lipinski definition) is 5. The summed E-state index contributed by atoms with van der Waals surface area (Å²) < 4.78 is 5.87. The lowest BCUT2D eigenvalue weighted by Gasteiger charge is -2.42. The van der Waals surface area contributed by atoms with Gasteiger partial charge in [-0.05, 0) is 20.8 Å². The van der Waals surface area contributed by atoms with E-state index in [0.717, 1.165) is 18.9 Å². The third-order valence-corrected chi connectivity index (χ3v) is 2.97. The highest BCUT2D eigenvalue weighted by Crippen LogP contribution is 2.25. The molecule has 2 N–H and O–H groups in total. The molecule has 1 atom stereocenters. The Labute approximate surface area is 112 Å². The zero-order chi connectivity index (χ0) is 13.3. The smallest absolute Gasteiger partial charge is 0.157 e. The van der Waals surface area contributed by atoms with Crippen LogP contribution in [0.1, 0.15) is 26.5 Å². The second-order valence-corrected chi connectivity index (χ2v) is 5.60. The molecular formula is C12H18N4OS. The van der Waals surface area contributed by atoms with E-state index in [1.54, 1.807) is 12.4 Å². The van der Waals surface area contributed by atoms with Crippen molar-refractivity contribution in [1.29, 1.82) is 0 Å². The van der Waals surface area contributed by atoms with Gasteiger partial charge >= 0.3 is 0 Å². The molecule has 1 aromatic heterocycles. The predicted octanol–water partition coefficient (Wildman–Crippen LogP) is 1.11. The van der Waals surface area contributed by atoms with Crippen LogP contribution in [-0.4, -0.2) is 39.8 Å². The van der Waals surface area contributed by atoms with Gasteiger partial charge in [0.05, 0.1) is 11.7 Å². The van der Waals surface area contributed by atoms with Gasteiger partial charge in [0.2, 0.25) is 0 Å². The molecule has 0 saturated carbocycles. The molecule has 0 amide bonds. The van der Waals surface area contributed by atoms with Crippen LogP contribution in [-0.2, 0) is 4.74 Å². The molecule has 0 aromatic carbocycles. The van der Waals surface area contributed by atoms with Crippen molar-refractivity contribution in [3.63, 3.8) is 0 Å². The number of nitrogens with two attached hydrogens (primary N) is 1. The SMILES string of the molecule is CC1CN(c2nccnc2C(N)=S)CC(C)(C)O1. The van der Waals surface area contributed by atoms with Gasteiger partial charge in [-0.25, -0.2) is 9.97 Å². The summed E-state index contributed by atoms with van der Waals surface area (Å²) in [6.07, 6.45) is 3.40. The Bertz CT molecular complexity index is 463. The van der Waals surface area contributed by atoms with Crippen LogP contribution in [0.25, 0.3) is 0 Å². The second kappa shape index (κ2) is 4.78. The minimum absolute atomic E-state index is 0.134. The number of rotatable bonds is 2. The molecule has 1 saturated heterocycles. The minimum Gasteiger partial charge on any atom is -0.388 e. The van der Waals surface area contributed by atoms with Crippen LogP contribution in [0.5, 0.6) is 0 Å². The zero-order valence-electron chi connectivity index (χ0n) is 10.9. The molecule has 6 heteroatoms. The molecule has 2 rings (SSSR count). The Balaban J connectivity index is 2.34. The largest absolute Gasteiger partial charge is 0.388 e. The summed E-state index contributed by atoms with van der Waals surface area (Å²) in [4.78, 5) is 11.0. The number of thiocarbonyl (C=S) groups is 1. The van der Waals surface area contributed by atoms with E-state index in [0.29, 0.717) is 5.69 Å². The highest BCUT2D eigenvalue weighted by molar-refractivity contribution is 7.80. The normalized spacial score (nSPS) is 22.8. The van der Waals surface area contributed by atoms with Crippen molar-refractivity contribution in [1.82, 2.24) is 9.97 Å². The van der Waals surface area contributed by atoms with Crippen molar-refractivity contribution >= 4 is 23.0 Å². The van der Waals surface area contributed by atoms with Crippen LogP contribution in [0.4, 0.5) is 5.82 Å². The fraction of sp³-hybridized carbons (Fsp3) is 0.583. The summed E-state index contributed by atoms with van der Waals surface area (Å²) in [5.74, 6) is 0.744. The van der Waals surface area contributed by atoms with Crippen LogP contribution in [0, 0.1) is 0 Å². The zero-order valence-corrected chi connectivity index (χ0v) is 11.7. The third kappa shape index (κ3) is 2.76. The Hall–Kier alpha value is -1.27. The lowest BCUT2D eigenvalue weighted by atomic mass is 10.1. The van der Waals surface area contributed by atoms with Gasteiger partial charge in [0.15, 0.2) is 5.82 Å².